The van der Waals surface area contributed by atoms with Crippen LogP contribution in [0.5, 0.6) is 0 Å². The molecule has 0 saturated carbocycles. The Kier molecular flexibility index (Phi) is 3.66. The van der Waals surface area contributed by atoms with Gasteiger partial charge in [-0.2, -0.15) is 0 Å². The molecule has 0 saturated heterocycles. The third-order valence-electron chi connectivity index (χ3n) is 4.12. The van der Waals surface area contributed by atoms with Crippen LogP contribution in [0, 0.1) is 6.92 Å². The van der Waals surface area contributed by atoms with Crippen LogP contribution in [0.3, 0.4) is 0 Å². The van der Waals surface area contributed by atoms with Gasteiger partial charge in [-0.25, -0.2) is 8.42 Å². The Balaban J connectivity index is 1.81. The number of aryl methyl sites for hydroxylation is 1. The van der Waals surface area contributed by atoms with Crippen molar-refractivity contribution >= 4 is 37.4 Å². The minimum atomic E-state index is -3.69. The largest absolute Gasteiger partial charge is 0.279 e. The van der Waals surface area contributed by atoms with E-state index < -0.39 is 10.0 Å². The molecule has 5 heteroatoms. The van der Waals surface area contributed by atoms with E-state index >= 15 is 0 Å². The van der Waals surface area contributed by atoms with Gasteiger partial charge in [-0.1, -0.05) is 48.5 Å². The summed E-state index contributed by atoms with van der Waals surface area (Å²) in [6.07, 6.45) is 0. The molecule has 0 radical (unpaired) electrons. The number of benzene rings is 3. The van der Waals surface area contributed by atoms with Gasteiger partial charge in [0.1, 0.15) is 0 Å². The number of anilines is 1. The van der Waals surface area contributed by atoms with Crippen LogP contribution >= 0.6 is 0 Å². The topological polar surface area (TPSA) is 59.1 Å². The molecule has 0 spiro atoms. The first-order valence-corrected chi connectivity index (χ1v) is 9.39. The fourth-order valence-electron chi connectivity index (χ4n) is 2.93. The van der Waals surface area contributed by atoms with Gasteiger partial charge in [-0.3, -0.25) is 9.71 Å². The number of para-hydroxylation sites is 1. The minimum absolute atomic E-state index is 0.241. The highest BCUT2D eigenvalue weighted by atomic mass is 32.2. The lowest BCUT2D eigenvalue weighted by Gasteiger charge is -2.12. The average molecular weight is 348 g/mol. The maximum absolute atomic E-state index is 12.9. The van der Waals surface area contributed by atoms with Crippen LogP contribution in [-0.4, -0.2) is 13.4 Å². The zero-order valence-corrected chi connectivity index (χ0v) is 14.4. The van der Waals surface area contributed by atoms with Gasteiger partial charge in [0, 0.05) is 11.1 Å². The average Bonchev–Trinajstić information content (AvgIpc) is 2.61. The van der Waals surface area contributed by atoms with Crippen LogP contribution in [0.1, 0.15) is 5.69 Å². The molecule has 0 unspecified atom stereocenters. The van der Waals surface area contributed by atoms with Gasteiger partial charge in [0.2, 0.25) is 0 Å². The smallest absolute Gasteiger partial charge is 0.261 e. The molecular formula is C20H16N2O2S. The molecule has 4 nitrogen and oxygen atoms in total. The standard InChI is InChI=1S/C20H16N2O2S/c1-14-12-20(18-8-4-5-9-19(18)21-14)22-25(23,24)17-11-10-15-6-2-3-7-16(15)13-17/h2-13H,1H3,(H,21,22). The second-order valence-corrected chi connectivity index (χ2v) is 7.63. The summed E-state index contributed by atoms with van der Waals surface area (Å²) >= 11 is 0. The third-order valence-corrected chi connectivity index (χ3v) is 5.48. The lowest BCUT2D eigenvalue weighted by atomic mass is 10.1. The first-order chi connectivity index (χ1) is 12.0. The van der Waals surface area contributed by atoms with Crippen molar-refractivity contribution in [1.82, 2.24) is 4.98 Å². The van der Waals surface area contributed by atoms with Crippen molar-refractivity contribution in [2.45, 2.75) is 11.8 Å². The molecule has 3 aromatic carbocycles. The molecule has 0 atom stereocenters. The highest BCUT2D eigenvalue weighted by molar-refractivity contribution is 7.92. The maximum atomic E-state index is 12.9. The zero-order chi connectivity index (χ0) is 17.4. The number of rotatable bonds is 3. The summed E-state index contributed by atoms with van der Waals surface area (Å²) in [5.41, 5.74) is 2.06. The second kappa shape index (κ2) is 5.86. The van der Waals surface area contributed by atoms with E-state index in [0.717, 1.165) is 27.4 Å². The molecule has 0 aliphatic rings. The van der Waals surface area contributed by atoms with Crippen molar-refractivity contribution in [2.75, 3.05) is 4.72 Å². The Labute approximate surface area is 146 Å². The van der Waals surface area contributed by atoms with Gasteiger partial charge in [-0.15, -0.1) is 0 Å². The summed E-state index contributed by atoms with van der Waals surface area (Å²) in [4.78, 5) is 4.69. The van der Waals surface area contributed by atoms with Gasteiger partial charge >= 0.3 is 0 Å². The number of pyridine rings is 1. The van der Waals surface area contributed by atoms with Crippen LogP contribution < -0.4 is 4.72 Å². The van der Waals surface area contributed by atoms with E-state index in [1.54, 1.807) is 18.2 Å². The molecule has 0 amide bonds. The van der Waals surface area contributed by atoms with E-state index in [2.05, 4.69) is 9.71 Å². The molecule has 124 valence electrons. The summed E-state index contributed by atoms with van der Waals surface area (Å²) in [5, 5.41) is 2.67. The molecule has 4 rings (SSSR count). The second-order valence-electron chi connectivity index (χ2n) is 5.94. The summed E-state index contributed by atoms with van der Waals surface area (Å²) in [5.74, 6) is 0. The number of nitrogens with zero attached hydrogens (tertiary/aromatic N) is 1. The SMILES string of the molecule is Cc1cc(NS(=O)(=O)c2ccc3ccccc3c2)c2ccccc2n1. The molecule has 0 aliphatic heterocycles. The first kappa shape index (κ1) is 15.6. The molecule has 0 bridgehead atoms. The monoisotopic (exact) mass is 348 g/mol. The van der Waals surface area contributed by atoms with E-state index in [4.69, 9.17) is 0 Å². The fourth-order valence-corrected chi connectivity index (χ4v) is 4.04. The lowest BCUT2D eigenvalue weighted by molar-refractivity contribution is 0.601. The molecule has 1 aromatic heterocycles. The highest BCUT2D eigenvalue weighted by Crippen LogP contribution is 2.26. The van der Waals surface area contributed by atoms with Crippen molar-refractivity contribution in [1.29, 1.82) is 0 Å². The van der Waals surface area contributed by atoms with Crippen molar-refractivity contribution in [3.05, 3.63) is 78.5 Å². The Morgan fingerprint density at radius 2 is 1.56 bits per heavy atom. The van der Waals surface area contributed by atoms with Crippen molar-refractivity contribution in [3.8, 4) is 0 Å². The van der Waals surface area contributed by atoms with Gasteiger partial charge in [0.25, 0.3) is 10.0 Å². The van der Waals surface area contributed by atoms with Gasteiger partial charge < -0.3 is 0 Å². The summed E-state index contributed by atoms with van der Waals surface area (Å²) in [6, 6.07) is 22.1. The highest BCUT2D eigenvalue weighted by Gasteiger charge is 2.16. The minimum Gasteiger partial charge on any atom is -0.279 e. The van der Waals surface area contributed by atoms with E-state index in [0.29, 0.717) is 5.69 Å². The molecule has 4 aromatic rings. The number of hydrogen-bond acceptors (Lipinski definition) is 3. The van der Waals surface area contributed by atoms with Crippen LogP contribution in [0.15, 0.2) is 77.7 Å². The van der Waals surface area contributed by atoms with Crippen LogP contribution in [0.25, 0.3) is 21.7 Å². The summed E-state index contributed by atoms with van der Waals surface area (Å²) < 4.78 is 28.5. The third kappa shape index (κ3) is 2.94. The number of hydrogen-bond donors (Lipinski definition) is 1. The van der Waals surface area contributed by atoms with E-state index in [9.17, 15) is 8.42 Å². The van der Waals surface area contributed by atoms with E-state index in [1.165, 1.54) is 0 Å². The van der Waals surface area contributed by atoms with Crippen molar-refractivity contribution < 1.29 is 8.42 Å². The summed E-state index contributed by atoms with van der Waals surface area (Å²) in [6.45, 7) is 1.85. The van der Waals surface area contributed by atoms with Crippen LogP contribution in [-0.2, 0) is 10.0 Å². The zero-order valence-electron chi connectivity index (χ0n) is 13.6. The molecule has 0 fully saturated rings. The van der Waals surface area contributed by atoms with Gasteiger partial charge in [-0.05, 0) is 42.0 Å². The van der Waals surface area contributed by atoms with E-state index in [-0.39, 0.29) is 4.90 Å². The Morgan fingerprint density at radius 1 is 0.840 bits per heavy atom. The molecular weight excluding hydrogens is 332 g/mol. The van der Waals surface area contributed by atoms with Crippen molar-refractivity contribution in [2.24, 2.45) is 0 Å². The first-order valence-electron chi connectivity index (χ1n) is 7.91. The van der Waals surface area contributed by atoms with Crippen LogP contribution in [0.2, 0.25) is 0 Å². The Bertz CT molecular complexity index is 1200. The Morgan fingerprint density at radius 3 is 2.40 bits per heavy atom. The maximum Gasteiger partial charge on any atom is 0.261 e. The van der Waals surface area contributed by atoms with Gasteiger partial charge in [0.15, 0.2) is 0 Å². The molecule has 0 aliphatic carbocycles. The van der Waals surface area contributed by atoms with Gasteiger partial charge in [0.05, 0.1) is 16.1 Å². The van der Waals surface area contributed by atoms with Crippen molar-refractivity contribution in [3.63, 3.8) is 0 Å². The molecule has 1 heterocycles. The molecule has 1 N–H and O–H groups in total. The number of nitrogens with one attached hydrogen (secondary N) is 1. The normalized spacial score (nSPS) is 11.7. The molecule has 25 heavy (non-hydrogen) atoms. The predicted octanol–water partition coefficient (Wildman–Crippen LogP) is 4.50. The van der Waals surface area contributed by atoms with Crippen LogP contribution in [0.4, 0.5) is 5.69 Å². The summed E-state index contributed by atoms with van der Waals surface area (Å²) in [7, 11) is -3.69. The quantitative estimate of drug-likeness (QED) is 0.593. The predicted molar refractivity (Wildman–Crippen MR) is 101 cm³/mol. The number of aromatic nitrogens is 1. The lowest BCUT2D eigenvalue weighted by Crippen LogP contribution is -2.13. The Hall–Kier alpha value is -2.92. The fraction of sp³-hybridized carbons (Fsp3) is 0.0500. The number of fused-ring (bicyclic) bond motifs is 2. The van der Waals surface area contributed by atoms with E-state index in [1.807, 2.05) is 61.5 Å². The number of sulfonamides is 1.